The van der Waals surface area contributed by atoms with Gasteiger partial charge in [-0.25, -0.2) is 4.98 Å². The Hall–Kier alpha value is -3.00. The predicted molar refractivity (Wildman–Crippen MR) is 115 cm³/mol. The molecule has 3 atom stereocenters. The van der Waals surface area contributed by atoms with Crippen molar-refractivity contribution in [3.05, 3.63) is 53.0 Å². The molecule has 3 heterocycles. The van der Waals surface area contributed by atoms with Gasteiger partial charge < -0.3 is 21.7 Å². The van der Waals surface area contributed by atoms with Crippen LogP contribution in [0.4, 0.5) is 5.82 Å². The lowest BCUT2D eigenvalue weighted by Crippen LogP contribution is -2.50. The van der Waals surface area contributed by atoms with Gasteiger partial charge in [-0.3, -0.25) is 14.6 Å². The fourth-order valence-corrected chi connectivity index (χ4v) is 3.74. The first-order valence-electron chi connectivity index (χ1n) is 10.3. The number of carbonyl (C=O) groups is 2. The van der Waals surface area contributed by atoms with Crippen molar-refractivity contribution in [3.63, 3.8) is 0 Å². The number of amides is 2. The largest absolute Gasteiger partial charge is 0.384 e. The van der Waals surface area contributed by atoms with Crippen LogP contribution in [-0.2, 0) is 22.6 Å². The lowest BCUT2D eigenvalue weighted by atomic mass is 9.96. The number of hydrogen-bond acceptors (Lipinski definition) is 6. The van der Waals surface area contributed by atoms with Gasteiger partial charge in [0, 0.05) is 24.1 Å². The molecule has 0 saturated carbocycles. The van der Waals surface area contributed by atoms with E-state index in [1.165, 1.54) is 5.56 Å². The van der Waals surface area contributed by atoms with Crippen molar-refractivity contribution in [2.75, 3.05) is 12.3 Å². The topological polar surface area (TPSA) is 122 Å². The highest BCUT2D eigenvalue weighted by Gasteiger charge is 2.30. The Morgan fingerprint density at radius 2 is 2.10 bits per heavy atom. The monoisotopic (exact) mass is 410 g/mol. The molecule has 0 aliphatic carbocycles. The summed E-state index contributed by atoms with van der Waals surface area (Å²) in [5, 5.41) is 8.93. The molecule has 8 heteroatoms. The molecule has 2 amide bonds. The summed E-state index contributed by atoms with van der Waals surface area (Å²) in [5.41, 5.74) is 9.55. The fraction of sp³-hybridized carbons (Fsp3) is 0.455. The van der Waals surface area contributed by atoms with E-state index < -0.39 is 6.04 Å². The van der Waals surface area contributed by atoms with E-state index in [2.05, 4.69) is 32.0 Å². The van der Waals surface area contributed by atoms with Gasteiger partial charge in [-0.1, -0.05) is 6.07 Å². The first-order chi connectivity index (χ1) is 14.3. The van der Waals surface area contributed by atoms with Gasteiger partial charge in [-0.15, -0.1) is 0 Å². The fourth-order valence-electron chi connectivity index (χ4n) is 3.74. The third kappa shape index (κ3) is 5.76. The van der Waals surface area contributed by atoms with Crippen LogP contribution >= 0.6 is 0 Å². The second-order valence-electron chi connectivity index (χ2n) is 8.00. The summed E-state index contributed by atoms with van der Waals surface area (Å²) < 4.78 is 0. The lowest BCUT2D eigenvalue weighted by Gasteiger charge is -2.17. The molecule has 0 aromatic carbocycles. The van der Waals surface area contributed by atoms with Gasteiger partial charge in [0.2, 0.25) is 11.8 Å². The average Bonchev–Trinajstić information content (AvgIpc) is 3.15. The maximum Gasteiger partial charge on any atom is 0.242 e. The minimum absolute atomic E-state index is 0.142. The molecule has 1 aliphatic rings. The van der Waals surface area contributed by atoms with Crippen molar-refractivity contribution < 1.29 is 9.59 Å². The van der Waals surface area contributed by atoms with Crippen molar-refractivity contribution in [2.45, 2.75) is 52.2 Å². The molecule has 30 heavy (non-hydrogen) atoms. The smallest absolute Gasteiger partial charge is 0.242 e. The highest BCUT2D eigenvalue weighted by atomic mass is 16.2. The Morgan fingerprint density at radius 3 is 2.83 bits per heavy atom. The number of aryl methyl sites for hydroxylation is 2. The molecule has 160 valence electrons. The number of carbonyl (C=O) groups excluding carboxylic acids is 2. The standard InChI is InChI=1S/C22H30N6O2/c1-13-8-16(6-7-24-13)9-17-10-19(25-11-17)22(30)28-15(3)21(29)26-12-18-4-5-20(23)27-14(18)2/h4-8,15,17,19,25H,9-12H2,1-3H3,(H2,23,27)(H,26,29)(H,28,30)/t15-,17-,19+/m0/s1. The zero-order valence-electron chi connectivity index (χ0n) is 17.7. The first kappa shape index (κ1) is 21.7. The third-order valence-electron chi connectivity index (χ3n) is 5.45. The van der Waals surface area contributed by atoms with Crippen molar-refractivity contribution in [2.24, 2.45) is 5.92 Å². The average molecular weight is 411 g/mol. The van der Waals surface area contributed by atoms with Gasteiger partial charge in [0.15, 0.2) is 0 Å². The van der Waals surface area contributed by atoms with Crippen LogP contribution in [0.25, 0.3) is 0 Å². The van der Waals surface area contributed by atoms with Crippen molar-refractivity contribution >= 4 is 17.6 Å². The summed E-state index contributed by atoms with van der Waals surface area (Å²) in [7, 11) is 0. The van der Waals surface area contributed by atoms with Crippen LogP contribution in [-0.4, -0.2) is 40.4 Å². The van der Waals surface area contributed by atoms with E-state index in [4.69, 9.17) is 5.73 Å². The van der Waals surface area contributed by atoms with Gasteiger partial charge in [0.05, 0.1) is 6.04 Å². The molecule has 3 rings (SSSR count). The quantitative estimate of drug-likeness (QED) is 0.541. The van der Waals surface area contributed by atoms with Crippen LogP contribution < -0.4 is 21.7 Å². The number of rotatable bonds is 7. The molecule has 1 saturated heterocycles. The summed E-state index contributed by atoms with van der Waals surface area (Å²) in [6.45, 7) is 6.63. The number of pyridine rings is 2. The third-order valence-corrected chi connectivity index (χ3v) is 5.45. The van der Waals surface area contributed by atoms with Gasteiger partial charge >= 0.3 is 0 Å². The Bertz CT molecular complexity index is 916. The summed E-state index contributed by atoms with van der Waals surface area (Å²) in [4.78, 5) is 33.4. The second-order valence-corrected chi connectivity index (χ2v) is 8.00. The molecule has 0 bridgehead atoms. The van der Waals surface area contributed by atoms with Crippen molar-refractivity contribution in [3.8, 4) is 0 Å². The molecule has 2 aromatic rings. The highest BCUT2D eigenvalue weighted by Crippen LogP contribution is 2.19. The number of nitrogens with two attached hydrogens (primary N) is 1. The number of hydrogen-bond donors (Lipinski definition) is 4. The molecule has 0 radical (unpaired) electrons. The van der Waals surface area contributed by atoms with Gasteiger partial charge in [0.25, 0.3) is 0 Å². The SMILES string of the molecule is Cc1cc(C[C@@H]2CN[C@@H](C(=O)N[C@@H](C)C(=O)NCc3ccc(N)nc3C)C2)ccn1. The van der Waals surface area contributed by atoms with Gasteiger partial charge in [-0.2, -0.15) is 0 Å². The Kier molecular flexibility index (Phi) is 6.99. The molecule has 2 aromatic heterocycles. The summed E-state index contributed by atoms with van der Waals surface area (Å²) >= 11 is 0. The lowest BCUT2D eigenvalue weighted by molar-refractivity contribution is -0.129. The first-order valence-corrected chi connectivity index (χ1v) is 10.3. The van der Waals surface area contributed by atoms with E-state index in [1.54, 1.807) is 13.0 Å². The van der Waals surface area contributed by atoms with Crippen LogP contribution in [0.1, 0.15) is 35.9 Å². The molecule has 0 unspecified atom stereocenters. The normalized spacial score (nSPS) is 19.3. The van der Waals surface area contributed by atoms with E-state index in [0.717, 1.165) is 36.3 Å². The Morgan fingerprint density at radius 1 is 1.30 bits per heavy atom. The minimum atomic E-state index is -0.622. The molecule has 5 N–H and O–H groups in total. The Labute approximate surface area is 177 Å². The Balaban J connectivity index is 1.45. The summed E-state index contributed by atoms with van der Waals surface area (Å²) in [6, 6.07) is 6.74. The number of nitrogens with zero attached hydrogens (tertiary/aromatic N) is 2. The predicted octanol–water partition coefficient (Wildman–Crippen LogP) is 1.02. The maximum absolute atomic E-state index is 12.6. The van der Waals surface area contributed by atoms with E-state index in [-0.39, 0.29) is 17.9 Å². The van der Waals surface area contributed by atoms with Crippen LogP contribution in [0.15, 0.2) is 30.5 Å². The van der Waals surface area contributed by atoms with E-state index in [9.17, 15) is 9.59 Å². The number of anilines is 1. The zero-order chi connectivity index (χ0) is 21.7. The number of nitrogen functional groups attached to an aromatic ring is 1. The zero-order valence-corrected chi connectivity index (χ0v) is 17.7. The summed E-state index contributed by atoms with van der Waals surface area (Å²) in [5.74, 6) is 0.454. The van der Waals surface area contributed by atoms with Crippen LogP contribution in [0.2, 0.25) is 0 Å². The second kappa shape index (κ2) is 9.67. The van der Waals surface area contributed by atoms with E-state index in [0.29, 0.717) is 18.3 Å². The van der Waals surface area contributed by atoms with Crippen molar-refractivity contribution in [1.29, 1.82) is 0 Å². The van der Waals surface area contributed by atoms with Gasteiger partial charge in [0.1, 0.15) is 11.9 Å². The molecular weight excluding hydrogens is 380 g/mol. The van der Waals surface area contributed by atoms with Crippen molar-refractivity contribution in [1.82, 2.24) is 25.9 Å². The molecule has 1 aliphatic heterocycles. The summed E-state index contributed by atoms with van der Waals surface area (Å²) in [6.07, 6.45) is 3.47. The van der Waals surface area contributed by atoms with E-state index in [1.807, 2.05) is 32.2 Å². The highest BCUT2D eigenvalue weighted by molar-refractivity contribution is 5.89. The van der Waals surface area contributed by atoms with E-state index >= 15 is 0 Å². The minimum Gasteiger partial charge on any atom is -0.384 e. The molecule has 0 spiro atoms. The van der Waals surface area contributed by atoms with Crippen LogP contribution in [0.3, 0.4) is 0 Å². The maximum atomic E-state index is 12.6. The molecular formula is C22H30N6O2. The molecule has 8 nitrogen and oxygen atoms in total. The van der Waals surface area contributed by atoms with Gasteiger partial charge in [-0.05, 0) is 75.4 Å². The van der Waals surface area contributed by atoms with Crippen LogP contribution in [0.5, 0.6) is 0 Å². The number of aromatic nitrogens is 2. The van der Waals surface area contributed by atoms with Crippen LogP contribution in [0, 0.1) is 19.8 Å². The molecule has 1 fully saturated rings. The number of nitrogens with one attached hydrogen (secondary N) is 3.